The van der Waals surface area contributed by atoms with Crippen LogP contribution in [0.3, 0.4) is 0 Å². The van der Waals surface area contributed by atoms with Crippen LogP contribution in [0.2, 0.25) is 0 Å². The summed E-state index contributed by atoms with van der Waals surface area (Å²) in [6.07, 6.45) is 7.37. The van der Waals surface area contributed by atoms with Gasteiger partial charge in [-0.25, -0.2) is 9.97 Å². The SMILES string of the molecule is C#CC1=C(C)c2cc3cc(C)c(cc4[nH]c(cc5nc(cc1n2)C(C)=C5CCC(=O)OC)c(CCC(=O)OC)c4C)[nH]3. The molecule has 0 saturated heterocycles. The zero-order chi connectivity index (χ0) is 30.1. The van der Waals surface area contributed by atoms with Crippen LogP contribution >= 0.6 is 0 Å². The molecule has 2 aliphatic rings. The van der Waals surface area contributed by atoms with Gasteiger partial charge in [0.1, 0.15) is 0 Å². The Bertz CT molecular complexity index is 1900. The highest BCUT2D eigenvalue weighted by Crippen LogP contribution is 2.36. The second-order valence-corrected chi connectivity index (χ2v) is 10.6. The molecule has 0 saturated carbocycles. The lowest BCUT2D eigenvalue weighted by molar-refractivity contribution is -0.141. The summed E-state index contributed by atoms with van der Waals surface area (Å²) < 4.78 is 9.84. The number of methoxy groups -OCH3 is 2. The van der Waals surface area contributed by atoms with Crippen LogP contribution in [0.15, 0.2) is 30.3 Å². The number of aromatic amines is 2. The standard InChI is InChI=1S/C34H34N4O4/c1-8-23-19(3)27-14-22-13-18(2)26(35-22)15-28-20(4)24(9-11-33(39)41-6)31(37-28)17-32-25(10-12-34(40)42-7)21(5)29(38-32)16-30(23)36-27/h1,13-17,35,37H,9-12H2,2-7H3. The summed E-state index contributed by atoms with van der Waals surface area (Å²) in [5.41, 5.74) is 13.2. The van der Waals surface area contributed by atoms with Gasteiger partial charge in [-0.3, -0.25) is 9.59 Å². The highest BCUT2D eigenvalue weighted by atomic mass is 16.5. The fourth-order valence-electron chi connectivity index (χ4n) is 5.53. The van der Waals surface area contributed by atoms with E-state index in [0.29, 0.717) is 18.5 Å². The van der Waals surface area contributed by atoms with E-state index >= 15 is 0 Å². The van der Waals surface area contributed by atoms with Gasteiger partial charge >= 0.3 is 11.9 Å². The van der Waals surface area contributed by atoms with Gasteiger partial charge in [-0.2, -0.15) is 0 Å². The molecule has 0 amide bonds. The number of hydrogen-bond acceptors (Lipinski definition) is 6. The van der Waals surface area contributed by atoms with Crippen LogP contribution in [-0.4, -0.2) is 46.1 Å². The smallest absolute Gasteiger partial charge is 0.305 e. The average molecular weight is 563 g/mol. The summed E-state index contributed by atoms with van der Waals surface area (Å²) in [6.45, 7) is 8.08. The van der Waals surface area contributed by atoms with Gasteiger partial charge in [0.05, 0.1) is 42.6 Å². The summed E-state index contributed by atoms with van der Waals surface area (Å²) in [7, 11) is 2.78. The molecule has 2 aliphatic heterocycles. The number of aromatic nitrogens is 4. The van der Waals surface area contributed by atoms with Gasteiger partial charge in [-0.1, -0.05) is 5.92 Å². The number of H-pyrrole nitrogens is 2. The monoisotopic (exact) mass is 562 g/mol. The zero-order valence-electron chi connectivity index (χ0n) is 24.8. The van der Waals surface area contributed by atoms with E-state index in [1.165, 1.54) is 14.2 Å². The minimum absolute atomic E-state index is 0.220. The molecular formula is C34H34N4O4. The second kappa shape index (κ2) is 11.5. The van der Waals surface area contributed by atoms with Gasteiger partial charge in [0, 0.05) is 34.9 Å². The molecule has 5 rings (SSSR count). The maximum absolute atomic E-state index is 12.1. The Morgan fingerprint density at radius 2 is 1.43 bits per heavy atom. The first-order valence-electron chi connectivity index (χ1n) is 13.9. The van der Waals surface area contributed by atoms with Gasteiger partial charge < -0.3 is 19.4 Å². The number of esters is 2. The predicted octanol–water partition coefficient (Wildman–Crippen LogP) is 6.49. The van der Waals surface area contributed by atoms with Crippen molar-refractivity contribution < 1.29 is 19.1 Å². The third kappa shape index (κ3) is 5.38. The molecule has 42 heavy (non-hydrogen) atoms. The first-order valence-corrected chi connectivity index (χ1v) is 13.9. The van der Waals surface area contributed by atoms with Crippen LogP contribution < -0.4 is 0 Å². The van der Waals surface area contributed by atoms with Crippen molar-refractivity contribution >= 4 is 56.3 Å². The predicted molar refractivity (Wildman–Crippen MR) is 166 cm³/mol. The van der Waals surface area contributed by atoms with Gasteiger partial charge in [-0.05, 0) is 104 Å². The number of carbonyl (C=O) groups excluding carboxylic acids is 2. The van der Waals surface area contributed by atoms with E-state index in [2.05, 4.69) is 34.9 Å². The van der Waals surface area contributed by atoms with Crippen molar-refractivity contribution in [2.75, 3.05) is 14.2 Å². The molecule has 0 spiro atoms. The average Bonchev–Trinajstić information content (AvgIpc) is 3.65. The molecule has 8 bridgehead atoms. The van der Waals surface area contributed by atoms with Gasteiger partial charge in [0.2, 0.25) is 0 Å². The number of nitrogens with zero attached hydrogens (tertiary/aromatic N) is 2. The summed E-state index contributed by atoms with van der Waals surface area (Å²) in [5, 5.41) is 0. The minimum atomic E-state index is -0.291. The normalized spacial score (nSPS) is 12.9. The number of nitrogens with one attached hydrogen (secondary N) is 2. The summed E-state index contributed by atoms with van der Waals surface area (Å²) >= 11 is 0. The Kier molecular flexibility index (Phi) is 7.86. The molecule has 3 aromatic heterocycles. The van der Waals surface area contributed by atoms with E-state index in [4.69, 9.17) is 25.9 Å². The Morgan fingerprint density at radius 3 is 2.12 bits per heavy atom. The quantitative estimate of drug-likeness (QED) is 0.263. The van der Waals surface area contributed by atoms with Crippen LogP contribution in [0, 0.1) is 26.2 Å². The van der Waals surface area contributed by atoms with Crippen molar-refractivity contribution in [1.82, 2.24) is 19.9 Å². The fourth-order valence-corrected chi connectivity index (χ4v) is 5.53. The molecule has 8 heteroatoms. The third-order valence-corrected chi connectivity index (χ3v) is 8.06. The molecule has 2 N–H and O–H groups in total. The van der Waals surface area contributed by atoms with Gasteiger partial charge in [0.25, 0.3) is 0 Å². The van der Waals surface area contributed by atoms with Crippen molar-refractivity contribution in [3.05, 3.63) is 69.8 Å². The van der Waals surface area contributed by atoms with E-state index in [1.54, 1.807) is 0 Å². The van der Waals surface area contributed by atoms with E-state index in [9.17, 15) is 9.59 Å². The number of terminal acetylenes is 1. The lowest BCUT2D eigenvalue weighted by atomic mass is 10.00. The number of hydrogen-bond donors (Lipinski definition) is 2. The summed E-state index contributed by atoms with van der Waals surface area (Å²) in [6, 6.07) is 10.1. The van der Waals surface area contributed by atoms with Crippen LogP contribution in [0.1, 0.15) is 72.6 Å². The second-order valence-electron chi connectivity index (χ2n) is 10.6. The van der Waals surface area contributed by atoms with Crippen LogP contribution in [0.25, 0.3) is 44.4 Å². The largest absolute Gasteiger partial charge is 0.469 e. The van der Waals surface area contributed by atoms with Crippen molar-refractivity contribution in [3.63, 3.8) is 0 Å². The number of ether oxygens (including phenoxy) is 2. The number of fused-ring (bicyclic) bond motifs is 8. The van der Waals surface area contributed by atoms with Crippen molar-refractivity contribution in [1.29, 1.82) is 0 Å². The molecular weight excluding hydrogens is 528 g/mol. The Labute approximate surface area is 244 Å². The van der Waals surface area contributed by atoms with E-state index in [-0.39, 0.29) is 24.8 Å². The molecule has 5 heterocycles. The summed E-state index contributed by atoms with van der Waals surface area (Å²) in [5.74, 6) is 2.25. The molecule has 0 radical (unpaired) electrons. The lowest BCUT2D eigenvalue weighted by Gasteiger charge is -2.04. The fraction of sp³-hybridized carbons (Fsp3) is 0.294. The molecule has 214 valence electrons. The summed E-state index contributed by atoms with van der Waals surface area (Å²) in [4.78, 5) is 41.2. The zero-order valence-corrected chi connectivity index (χ0v) is 24.8. The van der Waals surface area contributed by atoms with Crippen LogP contribution in [-0.2, 0) is 25.5 Å². The highest BCUT2D eigenvalue weighted by Gasteiger charge is 2.21. The lowest BCUT2D eigenvalue weighted by Crippen LogP contribution is -2.02. The first-order chi connectivity index (χ1) is 20.1. The molecule has 3 aromatic rings. The van der Waals surface area contributed by atoms with E-state index in [1.807, 2.05) is 39.0 Å². The van der Waals surface area contributed by atoms with Crippen LogP contribution in [0.5, 0.6) is 0 Å². The molecule has 0 aliphatic carbocycles. The molecule has 0 unspecified atom stereocenters. The van der Waals surface area contributed by atoms with E-state index in [0.717, 1.165) is 78.1 Å². The van der Waals surface area contributed by atoms with Crippen molar-refractivity contribution in [2.24, 2.45) is 0 Å². The molecule has 8 nitrogen and oxygen atoms in total. The first kappa shape index (κ1) is 28.6. The maximum atomic E-state index is 12.1. The van der Waals surface area contributed by atoms with Gasteiger partial charge in [0.15, 0.2) is 0 Å². The molecule has 0 fully saturated rings. The molecule has 0 aromatic carbocycles. The number of rotatable bonds is 6. The third-order valence-electron chi connectivity index (χ3n) is 8.06. The topological polar surface area (TPSA) is 110 Å². The Balaban J connectivity index is 1.86. The number of aryl methyl sites for hydroxylation is 3. The minimum Gasteiger partial charge on any atom is -0.469 e. The van der Waals surface area contributed by atoms with Crippen molar-refractivity contribution in [3.8, 4) is 12.3 Å². The van der Waals surface area contributed by atoms with Crippen molar-refractivity contribution in [2.45, 2.75) is 53.4 Å². The number of allylic oxidation sites excluding steroid dienone is 4. The molecule has 0 atom stereocenters. The highest BCUT2D eigenvalue weighted by molar-refractivity contribution is 6.00. The Morgan fingerprint density at radius 1 is 0.762 bits per heavy atom. The number of carbonyl (C=O) groups is 2. The van der Waals surface area contributed by atoms with Crippen LogP contribution in [0.4, 0.5) is 0 Å². The van der Waals surface area contributed by atoms with E-state index < -0.39 is 0 Å². The van der Waals surface area contributed by atoms with Gasteiger partial charge in [-0.15, -0.1) is 6.42 Å². The maximum Gasteiger partial charge on any atom is 0.305 e. The Hall–Kier alpha value is -4.90.